The molecule has 0 aliphatic rings. The first-order chi connectivity index (χ1) is 19.6. The zero-order valence-corrected chi connectivity index (χ0v) is 25.7. The first kappa shape index (κ1) is 31.7. The van der Waals surface area contributed by atoms with Crippen molar-refractivity contribution in [2.24, 2.45) is 0 Å². The van der Waals surface area contributed by atoms with Crippen LogP contribution in [0, 0.1) is 6.92 Å². The minimum absolute atomic E-state index is 0.0498. The van der Waals surface area contributed by atoms with Gasteiger partial charge in [0.1, 0.15) is 0 Å². The van der Waals surface area contributed by atoms with Crippen LogP contribution in [-0.2, 0) is 17.8 Å². The van der Waals surface area contributed by atoms with Gasteiger partial charge in [-0.3, -0.25) is 4.79 Å². The summed E-state index contributed by atoms with van der Waals surface area (Å²) >= 11 is 1.72. The Bertz CT molecular complexity index is 1140. The second-order valence-electron chi connectivity index (χ2n) is 10.7. The smallest absolute Gasteiger partial charge is 0.228 e. The number of unbranched alkanes of at least 4 members (excludes halogenated alkanes) is 11. The van der Waals surface area contributed by atoms with Gasteiger partial charge in [0.15, 0.2) is 24.2 Å². The zero-order valence-electron chi connectivity index (χ0n) is 24.9. The summed E-state index contributed by atoms with van der Waals surface area (Å²) in [6.07, 6.45) is 18.3. The molecule has 0 fully saturated rings. The normalized spacial score (nSPS) is 11.0. The Morgan fingerprint density at radius 3 is 2.20 bits per heavy atom. The van der Waals surface area contributed by atoms with E-state index in [1.807, 2.05) is 36.4 Å². The van der Waals surface area contributed by atoms with Crippen LogP contribution in [0.2, 0.25) is 0 Å². The molecular weight excluding hydrogens is 516 g/mol. The number of benzene rings is 2. The third-order valence-electron chi connectivity index (χ3n) is 7.21. The predicted octanol–water partition coefficient (Wildman–Crippen LogP) is 8.66. The molecule has 0 aliphatic carbocycles. The third kappa shape index (κ3) is 11.7. The first-order valence-corrected chi connectivity index (χ1v) is 16.1. The van der Waals surface area contributed by atoms with Crippen molar-refractivity contribution < 1.29 is 18.8 Å². The molecule has 0 atom stereocenters. The number of aromatic nitrogens is 1. The molecule has 0 spiro atoms. The van der Waals surface area contributed by atoms with Crippen molar-refractivity contribution >= 4 is 22.9 Å². The van der Waals surface area contributed by atoms with E-state index < -0.39 is 0 Å². The number of nitrogens with one attached hydrogen (secondary N) is 1. The van der Waals surface area contributed by atoms with Crippen LogP contribution >= 0.6 is 11.3 Å². The summed E-state index contributed by atoms with van der Waals surface area (Å²) < 4.78 is 13.7. The Morgan fingerprint density at radius 1 is 0.875 bits per heavy atom. The molecule has 40 heavy (non-hydrogen) atoms. The Kier molecular flexibility index (Phi) is 14.6. The molecule has 5 nitrogen and oxygen atoms in total. The van der Waals surface area contributed by atoms with Gasteiger partial charge >= 0.3 is 0 Å². The lowest BCUT2D eigenvalue weighted by molar-refractivity contribution is -0.683. The van der Waals surface area contributed by atoms with E-state index in [1.54, 1.807) is 18.4 Å². The number of carbonyl (C=O) groups is 1. The largest absolute Gasteiger partial charge is 0.493 e. The van der Waals surface area contributed by atoms with Crippen molar-refractivity contribution in [1.82, 2.24) is 0 Å². The molecule has 0 bridgehead atoms. The second-order valence-corrected chi connectivity index (χ2v) is 11.8. The molecule has 0 aliphatic heterocycles. The maximum Gasteiger partial charge on any atom is 0.228 e. The quantitative estimate of drug-likeness (QED) is 0.110. The maximum absolute atomic E-state index is 12.9. The van der Waals surface area contributed by atoms with E-state index in [1.165, 1.54) is 75.5 Å². The monoisotopic (exact) mass is 565 g/mol. The van der Waals surface area contributed by atoms with E-state index >= 15 is 0 Å². The molecule has 6 heteroatoms. The zero-order chi connectivity index (χ0) is 28.4. The number of methoxy groups -OCH3 is 1. The molecule has 2 aromatic carbocycles. The summed E-state index contributed by atoms with van der Waals surface area (Å²) in [5.74, 6) is 1.36. The average molecular weight is 566 g/mol. The third-order valence-corrected chi connectivity index (χ3v) is 8.07. The minimum Gasteiger partial charge on any atom is -0.493 e. The minimum atomic E-state index is -0.0498. The van der Waals surface area contributed by atoms with E-state index in [0.717, 1.165) is 35.5 Å². The number of carbonyl (C=O) groups excluding carboxylic acids is 1. The molecule has 1 heterocycles. The Labute approximate surface area is 245 Å². The number of para-hydroxylation sites is 1. The van der Waals surface area contributed by atoms with Crippen LogP contribution in [0.3, 0.4) is 0 Å². The van der Waals surface area contributed by atoms with Gasteiger partial charge in [0.05, 0.1) is 30.7 Å². The molecule has 0 saturated heterocycles. The first-order valence-electron chi connectivity index (χ1n) is 15.2. The summed E-state index contributed by atoms with van der Waals surface area (Å²) in [7, 11) is 1.65. The fourth-order valence-corrected chi connectivity index (χ4v) is 5.58. The number of hydrogen-bond acceptors (Lipinski definition) is 4. The fraction of sp³-hybridized carbons (Fsp3) is 0.529. The topological polar surface area (TPSA) is 51.4 Å². The second kappa shape index (κ2) is 18.5. The molecule has 3 rings (SSSR count). The molecule has 218 valence electrons. The lowest BCUT2D eigenvalue weighted by atomic mass is 10.1. The van der Waals surface area contributed by atoms with Gasteiger partial charge in [-0.25, -0.2) is 0 Å². The number of amides is 1. The van der Waals surface area contributed by atoms with E-state index in [0.29, 0.717) is 12.4 Å². The van der Waals surface area contributed by atoms with Crippen LogP contribution in [0.5, 0.6) is 11.5 Å². The van der Waals surface area contributed by atoms with Crippen molar-refractivity contribution in [2.45, 2.75) is 104 Å². The number of anilines is 1. The van der Waals surface area contributed by atoms with Crippen molar-refractivity contribution in [1.29, 1.82) is 0 Å². The lowest BCUT2D eigenvalue weighted by Crippen LogP contribution is -2.31. The maximum atomic E-state index is 12.9. The number of nitrogens with zero attached hydrogens (tertiary/aromatic N) is 1. The SMILES string of the molecule is CCCCCCCCCCCCCCOc1ccc(CC(=O)Nc2ccccc2C[n+]2csc(C)c2)cc1OC. The number of thiazole rings is 1. The van der Waals surface area contributed by atoms with Crippen molar-refractivity contribution in [3.05, 3.63) is 70.2 Å². The molecule has 0 radical (unpaired) electrons. The highest BCUT2D eigenvalue weighted by molar-refractivity contribution is 7.09. The molecule has 1 aromatic heterocycles. The van der Waals surface area contributed by atoms with E-state index in [-0.39, 0.29) is 12.3 Å². The summed E-state index contributed by atoms with van der Waals surface area (Å²) in [6, 6.07) is 13.8. The van der Waals surface area contributed by atoms with Gasteiger partial charge in [0.25, 0.3) is 0 Å². The predicted molar refractivity (Wildman–Crippen MR) is 167 cm³/mol. The summed E-state index contributed by atoms with van der Waals surface area (Å²) in [4.78, 5) is 14.2. The van der Waals surface area contributed by atoms with Crippen LogP contribution in [0.25, 0.3) is 0 Å². The van der Waals surface area contributed by atoms with E-state index in [4.69, 9.17) is 9.47 Å². The van der Waals surface area contributed by atoms with Gasteiger partial charge in [-0.05, 0) is 37.1 Å². The molecule has 1 N–H and O–H groups in total. The fourth-order valence-electron chi connectivity index (χ4n) is 4.95. The number of hydrogen-bond donors (Lipinski definition) is 1. The summed E-state index contributed by atoms with van der Waals surface area (Å²) in [6.45, 7) is 5.78. The van der Waals surface area contributed by atoms with E-state index in [9.17, 15) is 4.79 Å². The van der Waals surface area contributed by atoms with Gasteiger partial charge in [0.2, 0.25) is 11.4 Å². The van der Waals surface area contributed by atoms with Gasteiger partial charge in [0, 0.05) is 5.56 Å². The highest BCUT2D eigenvalue weighted by atomic mass is 32.1. The molecule has 0 unspecified atom stereocenters. The van der Waals surface area contributed by atoms with Crippen LogP contribution in [0.4, 0.5) is 5.69 Å². The number of ether oxygens (including phenoxy) is 2. The van der Waals surface area contributed by atoms with Gasteiger partial charge < -0.3 is 14.8 Å². The standard InChI is InChI=1S/C34H48N2O3S/c1-4-5-6-7-8-9-10-11-12-13-14-17-22-39-32-21-20-29(23-33(32)38-3)24-34(37)35-31-19-16-15-18-30(31)26-36-25-28(2)40-27-36/h15-16,18-21,23,25,27H,4-14,17,22,24,26H2,1-3H3/p+1. The average Bonchev–Trinajstić information content (AvgIpc) is 3.37. The molecule has 0 saturated carbocycles. The Hall–Kier alpha value is -2.86. The number of aryl methyl sites for hydroxylation is 1. The van der Waals surface area contributed by atoms with E-state index in [2.05, 4.69) is 41.5 Å². The van der Waals surface area contributed by atoms with Gasteiger partial charge in [-0.15, -0.1) is 0 Å². The molecule has 1 amide bonds. The Morgan fingerprint density at radius 2 is 1.55 bits per heavy atom. The van der Waals surface area contributed by atoms with Gasteiger partial charge in [-0.2, -0.15) is 4.57 Å². The van der Waals surface area contributed by atoms with Crippen LogP contribution in [0.15, 0.2) is 54.2 Å². The van der Waals surface area contributed by atoms with Crippen molar-refractivity contribution in [3.8, 4) is 11.5 Å². The molecular formula is C34H49N2O3S+. The van der Waals surface area contributed by atoms with Crippen LogP contribution in [0.1, 0.15) is 100.0 Å². The molecule has 3 aromatic rings. The lowest BCUT2D eigenvalue weighted by Gasteiger charge is -2.13. The highest BCUT2D eigenvalue weighted by Gasteiger charge is 2.13. The Balaban J connectivity index is 1.36. The van der Waals surface area contributed by atoms with Crippen LogP contribution < -0.4 is 19.4 Å². The van der Waals surface area contributed by atoms with Crippen LogP contribution in [-0.4, -0.2) is 19.6 Å². The summed E-state index contributed by atoms with van der Waals surface area (Å²) in [5.41, 5.74) is 4.92. The van der Waals surface area contributed by atoms with Gasteiger partial charge in [-0.1, -0.05) is 113 Å². The van der Waals surface area contributed by atoms with Crippen molar-refractivity contribution in [2.75, 3.05) is 19.0 Å². The summed E-state index contributed by atoms with van der Waals surface area (Å²) in [5, 5.41) is 3.10. The van der Waals surface area contributed by atoms with Crippen molar-refractivity contribution in [3.63, 3.8) is 0 Å². The highest BCUT2D eigenvalue weighted by Crippen LogP contribution is 2.29. The number of rotatable bonds is 20.